The van der Waals surface area contributed by atoms with E-state index in [-0.39, 0.29) is 30.5 Å². The maximum absolute atomic E-state index is 12.6. The van der Waals surface area contributed by atoms with Crippen LogP contribution in [0.5, 0.6) is 0 Å². The van der Waals surface area contributed by atoms with Crippen LogP contribution in [0, 0.1) is 16.7 Å². The van der Waals surface area contributed by atoms with Crippen LogP contribution in [0.15, 0.2) is 0 Å². The van der Waals surface area contributed by atoms with Gasteiger partial charge in [0.25, 0.3) is 0 Å². The molecule has 6 heteroatoms. The molecule has 0 aromatic heterocycles. The summed E-state index contributed by atoms with van der Waals surface area (Å²) in [5, 5.41) is 9.45. The molecule has 0 radical (unpaired) electrons. The van der Waals surface area contributed by atoms with Gasteiger partial charge in [0.15, 0.2) is 9.84 Å². The summed E-state index contributed by atoms with van der Waals surface area (Å²) < 4.78 is 22.8. The lowest BCUT2D eigenvalue weighted by molar-refractivity contribution is -0.139. The second kappa shape index (κ2) is 5.49. The summed E-state index contributed by atoms with van der Waals surface area (Å²) in [5.74, 6) is -0.0904. The topological polar surface area (TPSA) is 78.2 Å². The number of carbonyl (C=O) groups is 1. The maximum atomic E-state index is 12.6. The number of carbonyl (C=O) groups excluding carboxylic acids is 1. The number of rotatable bonds is 1. The molecule has 0 atom stereocenters. The van der Waals surface area contributed by atoms with Crippen LogP contribution < -0.4 is 0 Å². The van der Waals surface area contributed by atoms with Gasteiger partial charge in [-0.2, -0.15) is 5.26 Å². The highest BCUT2D eigenvalue weighted by molar-refractivity contribution is 7.91. The van der Waals surface area contributed by atoms with Gasteiger partial charge in [0.05, 0.1) is 17.6 Å². The van der Waals surface area contributed by atoms with Crippen molar-refractivity contribution in [1.29, 1.82) is 5.26 Å². The van der Waals surface area contributed by atoms with E-state index in [4.69, 9.17) is 0 Å². The van der Waals surface area contributed by atoms with Crippen molar-refractivity contribution in [2.24, 2.45) is 5.41 Å². The molecule has 0 N–H and O–H groups in total. The average molecular weight is 284 g/mol. The highest BCUT2D eigenvalue weighted by Gasteiger charge is 2.42. The third kappa shape index (κ3) is 3.08. The summed E-state index contributed by atoms with van der Waals surface area (Å²) in [6.45, 7) is 0.481. The zero-order chi connectivity index (χ0) is 13.9. The van der Waals surface area contributed by atoms with Crippen molar-refractivity contribution in [2.45, 2.75) is 38.5 Å². The lowest BCUT2D eigenvalue weighted by Gasteiger charge is -2.34. The zero-order valence-corrected chi connectivity index (χ0v) is 11.9. The van der Waals surface area contributed by atoms with E-state index in [1.54, 1.807) is 4.90 Å². The molecule has 1 heterocycles. The van der Waals surface area contributed by atoms with Gasteiger partial charge in [-0.15, -0.1) is 0 Å². The van der Waals surface area contributed by atoms with E-state index >= 15 is 0 Å². The Labute approximate surface area is 114 Å². The van der Waals surface area contributed by atoms with Gasteiger partial charge in [-0.05, 0) is 12.8 Å². The largest absolute Gasteiger partial charge is 0.339 e. The Kier molecular flexibility index (Phi) is 4.14. The number of amides is 1. The minimum Gasteiger partial charge on any atom is -0.339 e. The van der Waals surface area contributed by atoms with Crippen molar-refractivity contribution in [3.8, 4) is 6.07 Å². The molecule has 1 amide bonds. The first-order valence-corrected chi connectivity index (χ1v) is 8.72. The number of nitriles is 1. The molecular weight excluding hydrogens is 264 g/mol. The molecule has 1 saturated carbocycles. The summed E-state index contributed by atoms with van der Waals surface area (Å²) in [6, 6.07) is 2.23. The van der Waals surface area contributed by atoms with E-state index in [0.29, 0.717) is 12.8 Å². The van der Waals surface area contributed by atoms with Crippen LogP contribution in [0.2, 0.25) is 0 Å². The SMILES string of the molecule is N#CC1(C(=O)N2CCS(=O)(=O)CC2)CCCCCC1. The molecule has 2 aliphatic rings. The Morgan fingerprint density at radius 3 is 2.05 bits per heavy atom. The van der Waals surface area contributed by atoms with Gasteiger partial charge in [-0.25, -0.2) is 8.42 Å². The van der Waals surface area contributed by atoms with Crippen LogP contribution >= 0.6 is 0 Å². The normalized spacial score (nSPS) is 26.2. The lowest BCUT2D eigenvalue weighted by atomic mass is 9.80. The van der Waals surface area contributed by atoms with Crippen molar-refractivity contribution in [3.05, 3.63) is 0 Å². The van der Waals surface area contributed by atoms with E-state index < -0.39 is 15.3 Å². The third-order valence-electron chi connectivity index (χ3n) is 4.21. The first-order valence-electron chi connectivity index (χ1n) is 6.90. The van der Waals surface area contributed by atoms with Crippen molar-refractivity contribution < 1.29 is 13.2 Å². The number of nitrogens with zero attached hydrogens (tertiary/aromatic N) is 2. The van der Waals surface area contributed by atoms with Crippen molar-refractivity contribution in [1.82, 2.24) is 4.90 Å². The number of hydrogen-bond acceptors (Lipinski definition) is 4. The first-order chi connectivity index (χ1) is 8.99. The van der Waals surface area contributed by atoms with Crippen molar-refractivity contribution in [2.75, 3.05) is 24.6 Å². The van der Waals surface area contributed by atoms with Crippen LogP contribution in [0.25, 0.3) is 0 Å². The second-order valence-corrected chi connectivity index (χ2v) is 7.86. The summed E-state index contributed by atoms with van der Waals surface area (Å²) in [7, 11) is -2.99. The molecule has 106 valence electrons. The summed E-state index contributed by atoms with van der Waals surface area (Å²) >= 11 is 0. The fourth-order valence-electron chi connectivity index (χ4n) is 2.92. The predicted octanol–water partition coefficient (Wildman–Crippen LogP) is 1.11. The van der Waals surface area contributed by atoms with Crippen LogP contribution in [0.4, 0.5) is 0 Å². The Balaban J connectivity index is 2.11. The summed E-state index contributed by atoms with van der Waals surface area (Å²) in [6.07, 6.45) is 5.20. The Hall–Kier alpha value is -1.09. The van der Waals surface area contributed by atoms with Crippen molar-refractivity contribution >= 4 is 15.7 Å². The molecule has 2 rings (SSSR count). The lowest BCUT2D eigenvalue weighted by Crippen LogP contribution is -2.49. The molecule has 1 aliphatic heterocycles. The van der Waals surface area contributed by atoms with Gasteiger partial charge in [-0.3, -0.25) is 4.79 Å². The van der Waals surface area contributed by atoms with Crippen LogP contribution in [-0.4, -0.2) is 43.8 Å². The number of sulfone groups is 1. The van der Waals surface area contributed by atoms with Crippen LogP contribution in [0.3, 0.4) is 0 Å². The highest BCUT2D eigenvalue weighted by Crippen LogP contribution is 2.36. The molecule has 2 fully saturated rings. The van der Waals surface area contributed by atoms with Gasteiger partial charge in [0.1, 0.15) is 5.41 Å². The molecular formula is C13H20N2O3S. The first kappa shape index (κ1) is 14.3. The summed E-state index contributed by atoms with van der Waals surface area (Å²) in [5.41, 5.74) is -0.905. The molecule has 1 saturated heterocycles. The number of hydrogen-bond donors (Lipinski definition) is 0. The molecule has 0 unspecified atom stereocenters. The standard InChI is InChI=1S/C13H20N2O3S/c14-11-13(5-3-1-2-4-6-13)12(16)15-7-9-19(17,18)10-8-15/h1-10H2. The predicted molar refractivity (Wildman–Crippen MR) is 71.0 cm³/mol. The van der Waals surface area contributed by atoms with E-state index in [2.05, 4.69) is 6.07 Å². The second-order valence-electron chi connectivity index (χ2n) is 5.55. The monoisotopic (exact) mass is 284 g/mol. The van der Waals surface area contributed by atoms with Gasteiger partial charge >= 0.3 is 0 Å². The smallest absolute Gasteiger partial charge is 0.243 e. The van der Waals surface area contributed by atoms with E-state index in [0.717, 1.165) is 25.7 Å². The van der Waals surface area contributed by atoms with Crippen LogP contribution in [-0.2, 0) is 14.6 Å². The molecule has 19 heavy (non-hydrogen) atoms. The third-order valence-corrected chi connectivity index (χ3v) is 5.82. The fourth-order valence-corrected chi connectivity index (χ4v) is 4.13. The highest BCUT2D eigenvalue weighted by atomic mass is 32.2. The Morgan fingerprint density at radius 1 is 1.05 bits per heavy atom. The Morgan fingerprint density at radius 2 is 1.58 bits per heavy atom. The van der Waals surface area contributed by atoms with Crippen molar-refractivity contribution in [3.63, 3.8) is 0 Å². The van der Waals surface area contributed by atoms with Crippen LogP contribution in [0.1, 0.15) is 38.5 Å². The quantitative estimate of drug-likeness (QED) is 0.676. The Bertz CT molecular complexity index is 471. The van der Waals surface area contributed by atoms with Gasteiger partial charge in [0.2, 0.25) is 5.91 Å². The molecule has 0 aromatic carbocycles. The fraction of sp³-hybridized carbons (Fsp3) is 0.846. The van der Waals surface area contributed by atoms with Gasteiger partial charge < -0.3 is 4.90 Å². The molecule has 0 aromatic rings. The van der Waals surface area contributed by atoms with E-state index in [9.17, 15) is 18.5 Å². The molecule has 0 bridgehead atoms. The van der Waals surface area contributed by atoms with Gasteiger partial charge in [-0.1, -0.05) is 25.7 Å². The molecule has 0 spiro atoms. The molecule has 5 nitrogen and oxygen atoms in total. The molecule has 1 aliphatic carbocycles. The minimum absolute atomic E-state index is 0.0280. The minimum atomic E-state index is -2.99. The van der Waals surface area contributed by atoms with Gasteiger partial charge in [0, 0.05) is 13.1 Å². The van der Waals surface area contributed by atoms with E-state index in [1.165, 1.54) is 0 Å². The maximum Gasteiger partial charge on any atom is 0.243 e. The van der Waals surface area contributed by atoms with E-state index in [1.807, 2.05) is 0 Å². The summed E-state index contributed by atoms with van der Waals surface area (Å²) in [4.78, 5) is 14.2. The zero-order valence-electron chi connectivity index (χ0n) is 11.1. The average Bonchev–Trinajstić information content (AvgIpc) is 2.64.